The zero-order chi connectivity index (χ0) is 21.2. The first kappa shape index (κ1) is 22.1. The van der Waals surface area contributed by atoms with Crippen molar-refractivity contribution in [2.75, 3.05) is 34.4 Å². The Morgan fingerprint density at radius 1 is 1.07 bits per heavy atom. The molecule has 0 aliphatic rings. The lowest BCUT2D eigenvalue weighted by molar-refractivity contribution is 0.100. The molecule has 0 unspecified atom stereocenters. The van der Waals surface area contributed by atoms with E-state index in [0.29, 0.717) is 12.1 Å². The van der Waals surface area contributed by atoms with Gasteiger partial charge in [0.1, 0.15) is 0 Å². The molecule has 0 saturated carbocycles. The number of ether oxygens (including phenoxy) is 2. The molecule has 0 spiro atoms. The van der Waals surface area contributed by atoms with Crippen molar-refractivity contribution in [1.29, 1.82) is 0 Å². The minimum Gasteiger partial charge on any atom is -0.493 e. The van der Waals surface area contributed by atoms with Crippen LogP contribution in [0.2, 0.25) is 0 Å². The van der Waals surface area contributed by atoms with Gasteiger partial charge in [-0.25, -0.2) is 4.99 Å². The molecule has 0 fully saturated rings. The lowest BCUT2D eigenvalue weighted by Crippen LogP contribution is -2.39. The number of nitrogens with two attached hydrogens (primary N) is 1. The number of carbonyl (C=O) groups excluding carboxylic acids is 1. The first-order valence-electron chi connectivity index (χ1n) is 9.57. The SMILES string of the molecule is CCNC(=NCc1ccc(C(N)=O)cc1)N(C)CCc1ccc(OC)c(OC)c1. The van der Waals surface area contributed by atoms with Crippen molar-refractivity contribution in [3.63, 3.8) is 0 Å². The van der Waals surface area contributed by atoms with E-state index in [0.717, 1.165) is 48.1 Å². The fourth-order valence-electron chi connectivity index (χ4n) is 2.85. The number of guanidine groups is 1. The molecule has 156 valence electrons. The van der Waals surface area contributed by atoms with Gasteiger partial charge in [0.2, 0.25) is 5.91 Å². The van der Waals surface area contributed by atoms with E-state index in [9.17, 15) is 4.79 Å². The molecule has 1 amide bonds. The van der Waals surface area contributed by atoms with E-state index >= 15 is 0 Å². The van der Waals surface area contributed by atoms with Crippen LogP contribution < -0.4 is 20.5 Å². The third kappa shape index (κ3) is 6.41. The molecule has 2 rings (SSSR count). The summed E-state index contributed by atoms with van der Waals surface area (Å²) in [6.45, 7) is 4.13. The van der Waals surface area contributed by atoms with Gasteiger partial charge in [-0.2, -0.15) is 0 Å². The van der Waals surface area contributed by atoms with Gasteiger partial charge >= 0.3 is 0 Å². The second kappa shape index (κ2) is 10.9. The number of amides is 1. The Hall–Kier alpha value is -3.22. The molecule has 0 saturated heterocycles. The van der Waals surface area contributed by atoms with Gasteiger partial charge < -0.3 is 25.4 Å². The van der Waals surface area contributed by atoms with Crippen LogP contribution in [0.25, 0.3) is 0 Å². The Kier molecular flexibility index (Phi) is 8.33. The number of likely N-dealkylation sites (N-methyl/N-ethyl adjacent to an activating group) is 1. The second-order valence-electron chi connectivity index (χ2n) is 6.59. The van der Waals surface area contributed by atoms with E-state index < -0.39 is 5.91 Å². The van der Waals surface area contributed by atoms with Crippen molar-refractivity contribution in [2.24, 2.45) is 10.7 Å². The van der Waals surface area contributed by atoms with Crippen molar-refractivity contribution in [1.82, 2.24) is 10.2 Å². The number of benzene rings is 2. The van der Waals surface area contributed by atoms with Gasteiger partial charge in [0.05, 0.1) is 20.8 Å². The Bertz CT molecular complexity index is 834. The maximum atomic E-state index is 11.2. The average molecular weight is 399 g/mol. The van der Waals surface area contributed by atoms with Crippen LogP contribution in [0.5, 0.6) is 11.5 Å². The molecule has 0 aromatic heterocycles. The Morgan fingerprint density at radius 2 is 1.72 bits per heavy atom. The molecule has 2 aromatic rings. The van der Waals surface area contributed by atoms with Crippen molar-refractivity contribution in [3.05, 3.63) is 59.2 Å². The van der Waals surface area contributed by atoms with Crippen LogP contribution >= 0.6 is 0 Å². The number of nitrogens with one attached hydrogen (secondary N) is 1. The van der Waals surface area contributed by atoms with Crippen molar-refractivity contribution >= 4 is 11.9 Å². The summed E-state index contributed by atoms with van der Waals surface area (Å²) in [5.74, 6) is 1.85. The van der Waals surface area contributed by atoms with Crippen LogP contribution in [0.1, 0.15) is 28.4 Å². The van der Waals surface area contributed by atoms with Crippen LogP contribution in [0, 0.1) is 0 Å². The fraction of sp³-hybridized carbons (Fsp3) is 0.364. The smallest absolute Gasteiger partial charge is 0.248 e. The minimum atomic E-state index is -0.428. The van der Waals surface area contributed by atoms with Crippen LogP contribution in [-0.2, 0) is 13.0 Å². The van der Waals surface area contributed by atoms with Crippen molar-refractivity contribution in [2.45, 2.75) is 19.9 Å². The van der Waals surface area contributed by atoms with Gasteiger partial charge in [0.15, 0.2) is 17.5 Å². The van der Waals surface area contributed by atoms with E-state index in [1.54, 1.807) is 26.4 Å². The molecule has 7 heteroatoms. The Balaban J connectivity index is 2.01. The number of hydrogen-bond donors (Lipinski definition) is 2. The largest absolute Gasteiger partial charge is 0.493 e. The van der Waals surface area contributed by atoms with E-state index in [1.165, 1.54) is 0 Å². The van der Waals surface area contributed by atoms with Crippen molar-refractivity contribution in [3.8, 4) is 11.5 Å². The summed E-state index contributed by atoms with van der Waals surface area (Å²) in [4.78, 5) is 18.0. The van der Waals surface area contributed by atoms with Crippen LogP contribution in [-0.4, -0.2) is 51.1 Å². The van der Waals surface area contributed by atoms with Crippen molar-refractivity contribution < 1.29 is 14.3 Å². The molecule has 2 aromatic carbocycles. The van der Waals surface area contributed by atoms with Gasteiger partial charge in [0.25, 0.3) is 0 Å². The van der Waals surface area contributed by atoms with Crippen LogP contribution in [0.15, 0.2) is 47.5 Å². The van der Waals surface area contributed by atoms with E-state index in [1.807, 2.05) is 44.3 Å². The zero-order valence-electron chi connectivity index (χ0n) is 17.6. The molecule has 0 radical (unpaired) electrons. The highest BCUT2D eigenvalue weighted by atomic mass is 16.5. The minimum absolute atomic E-state index is 0.428. The molecule has 7 nitrogen and oxygen atoms in total. The van der Waals surface area contributed by atoms with Gasteiger partial charge in [-0.15, -0.1) is 0 Å². The highest BCUT2D eigenvalue weighted by Crippen LogP contribution is 2.27. The molecule has 0 atom stereocenters. The zero-order valence-corrected chi connectivity index (χ0v) is 17.6. The summed E-state index contributed by atoms with van der Waals surface area (Å²) in [5.41, 5.74) is 7.95. The average Bonchev–Trinajstić information content (AvgIpc) is 2.74. The number of methoxy groups -OCH3 is 2. The number of rotatable bonds is 9. The first-order valence-corrected chi connectivity index (χ1v) is 9.57. The maximum Gasteiger partial charge on any atom is 0.248 e. The third-order valence-corrected chi connectivity index (χ3v) is 4.53. The quantitative estimate of drug-likeness (QED) is 0.500. The predicted octanol–water partition coefficient (Wildman–Crippen LogP) is 2.44. The summed E-state index contributed by atoms with van der Waals surface area (Å²) in [7, 11) is 5.28. The molecule has 0 bridgehead atoms. The standard InChI is InChI=1S/C22H30N4O3/c1-5-24-22(25-15-17-6-9-18(10-7-17)21(23)27)26(2)13-12-16-8-11-19(28-3)20(14-16)29-4/h6-11,14H,5,12-13,15H2,1-4H3,(H2,23,27)(H,24,25). The number of hydrogen-bond acceptors (Lipinski definition) is 4. The monoisotopic (exact) mass is 398 g/mol. The third-order valence-electron chi connectivity index (χ3n) is 4.53. The van der Waals surface area contributed by atoms with E-state index in [4.69, 9.17) is 20.2 Å². The summed E-state index contributed by atoms with van der Waals surface area (Å²) in [6, 6.07) is 13.1. The van der Waals surface area contributed by atoms with Gasteiger partial charge in [0, 0.05) is 25.7 Å². The molecule has 0 aliphatic heterocycles. The highest BCUT2D eigenvalue weighted by Gasteiger charge is 2.09. The molecule has 0 heterocycles. The molecular formula is C22H30N4O3. The summed E-state index contributed by atoms with van der Waals surface area (Å²) in [6.07, 6.45) is 0.842. The van der Waals surface area contributed by atoms with Crippen LogP contribution in [0.4, 0.5) is 0 Å². The second-order valence-corrected chi connectivity index (χ2v) is 6.59. The lowest BCUT2D eigenvalue weighted by Gasteiger charge is -2.22. The normalized spacial score (nSPS) is 11.1. The summed E-state index contributed by atoms with van der Waals surface area (Å²) in [5, 5.41) is 3.32. The van der Waals surface area contributed by atoms with E-state index in [2.05, 4.69) is 10.2 Å². The van der Waals surface area contributed by atoms with Gasteiger partial charge in [-0.05, 0) is 48.7 Å². The van der Waals surface area contributed by atoms with Gasteiger partial charge in [-0.1, -0.05) is 18.2 Å². The molecular weight excluding hydrogens is 368 g/mol. The summed E-state index contributed by atoms with van der Waals surface area (Å²) >= 11 is 0. The Labute approximate surface area is 172 Å². The first-order chi connectivity index (χ1) is 14.0. The predicted molar refractivity (Wildman–Crippen MR) is 116 cm³/mol. The van der Waals surface area contributed by atoms with E-state index in [-0.39, 0.29) is 0 Å². The van der Waals surface area contributed by atoms with Gasteiger partial charge in [-0.3, -0.25) is 4.79 Å². The fourth-order valence-corrected chi connectivity index (χ4v) is 2.85. The number of nitrogens with zero attached hydrogens (tertiary/aromatic N) is 2. The van der Waals surface area contributed by atoms with Crippen LogP contribution in [0.3, 0.4) is 0 Å². The molecule has 3 N–H and O–H groups in total. The number of carbonyl (C=O) groups is 1. The molecule has 0 aliphatic carbocycles. The maximum absolute atomic E-state index is 11.2. The number of primary amides is 1. The topological polar surface area (TPSA) is 89.2 Å². The Morgan fingerprint density at radius 3 is 2.31 bits per heavy atom. The summed E-state index contributed by atoms with van der Waals surface area (Å²) < 4.78 is 10.7. The highest BCUT2D eigenvalue weighted by molar-refractivity contribution is 5.92. The lowest BCUT2D eigenvalue weighted by atomic mass is 10.1. The number of aliphatic imine (C=N–C) groups is 1. The molecule has 29 heavy (non-hydrogen) atoms.